The molecule has 140 valence electrons. The first-order chi connectivity index (χ1) is 11.7. The van der Waals surface area contributed by atoms with E-state index in [2.05, 4.69) is 45.1 Å². The van der Waals surface area contributed by atoms with Gasteiger partial charge in [-0.25, -0.2) is 4.79 Å². The second kappa shape index (κ2) is 8.19. The number of nitrogens with zero attached hydrogens (tertiary/aromatic N) is 1. The van der Waals surface area contributed by atoms with Crippen LogP contribution in [0.5, 0.6) is 0 Å². The van der Waals surface area contributed by atoms with Gasteiger partial charge in [-0.05, 0) is 29.0 Å². The summed E-state index contributed by atoms with van der Waals surface area (Å²) in [5.74, 6) is 0.770. The van der Waals surface area contributed by atoms with Crippen LogP contribution in [0.25, 0.3) is 0 Å². The zero-order valence-corrected chi connectivity index (χ0v) is 16.1. The minimum atomic E-state index is -0.854. The Kier molecular flexibility index (Phi) is 6.47. The van der Waals surface area contributed by atoms with Crippen LogP contribution in [-0.4, -0.2) is 48.4 Å². The normalized spacial score (nSPS) is 17.0. The average Bonchev–Trinajstić information content (AvgIpc) is 2.54. The number of nitrogens with one attached hydrogen (secondary N) is 1. The van der Waals surface area contributed by atoms with E-state index in [1.165, 1.54) is 5.56 Å². The van der Waals surface area contributed by atoms with E-state index in [4.69, 9.17) is 4.74 Å². The fourth-order valence-electron chi connectivity index (χ4n) is 3.17. The highest BCUT2D eigenvalue weighted by Gasteiger charge is 2.32. The number of hydrogen-bond donors (Lipinski definition) is 2. The van der Waals surface area contributed by atoms with Crippen molar-refractivity contribution in [2.45, 2.75) is 58.0 Å². The number of aliphatic hydroxyl groups is 1. The molecule has 1 aromatic carbocycles. The maximum Gasteiger partial charge on any atom is 0.321 e. The van der Waals surface area contributed by atoms with Gasteiger partial charge in [0.05, 0.1) is 12.1 Å². The standard InChI is InChI=1S/C20H32N2O3/c1-14(2)16-6-7-18(17(12-16)15(3)4)21-19(23)22(5)13-20(24)8-10-25-11-9-20/h6-7,12,14-15,24H,8-11,13H2,1-5H3,(H,21,23). The molecule has 1 fully saturated rings. The molecule has 5 nitrogen and oxygen atoms in total. The van der Waals surface area contributed by atoms with Crippen LogP contribution >= 0.6 is 0 Å². The minimum absolute atomic E-state index is 0.195. The molecule has 2 amide bonds. The molecule has 0 aromatic heterocycles. The van der Waals surface area contributed by atoms with Crippen molar-refractivity contribution in [3.8, 4) is 0 Å². The molecule has 2 N–H and O–H groups in total. The van der Waals surface area contributed by atoms with Gasteiger partial charge >= 0.3 is 6.03 Å². The van der Waals surface area contributed by atoms with E-state index in [1.54, 1.807) is 11.9 Å². The number of urea groups is 1. The van der Waals surface area contributed by atoms with E-state index in [9.17, 15) is 9.90 Å². The first kappa shape index (κ1) is 19.7. The number of hydrogen-bond acceptors (Lipinski definition) is 3. The summed E-state index contributed by atoms with van der Waals surface area (Å²) in [7, 11) is 1.72. The summed E-state index contributed by atoms with van der Waals surface area (Å²) in [6, 6.07) is 6.04. The third kappa shape index (κ3) is 5.19. The Bertz CT molecular complexity index is 593. The number of rotatable bonds is 5. The molecule has 0 saturated carbocycles. The summed E-state index contributed by atoms with van der Waals surface area (Å²) >= 11 is 0. The van der Waals surface area contributed by atoms with Crippen LogP contribution in [-0.2, 0) is 4.74 Å². The van der Waals surface area contributed by atoms with E-state index in [-0.39, 0.29) is 6.03 Å². The third-order valence-electron chi connectivity index (χ3n) is 4.91. The Morgan fingerprint density at radius 1 is 1.24 bits per heavy atom. The lowest BCUT2D eigenvalue weighted by molar-refractivity contribution is -0.0717. The monoisotopic (exact) mass is 348 g/mol. The predicted molar refractivity (Wildman–Crippen MR) is 101 cm³/mol. The third-order valence-corrected chi connectivity index (χ3v) is 4.91. The fourth-order valence-corrected chi connectivity index (χ4v) is 3.17. The Labute approximate surface area is 151 Å². The van der Waals surface area contributed by atoms with Crippen LogP contribution in [0.15, 0.2) is 18.2 Å². The number of carbonyl (C=O) groups is 1. The summed E-state index contributed by atoms with van der Waals surface area (Å²) < 4.78 is 5.30. The van der Waals surface area contributed by atoms with Crippen LogP contribution in [0.3, 0.4) is 0 Å². The topological polar surface area (TPSA) is 61.8 Å². The van der Waals surface area contributed by atoms with Gasteiger partial charge in [-0.3, -0.25) is 0 Å². The molecule has 1 saturated heterocycles. The zero-order chi connectivity index (χ0) is 18.6. The summed E-state index contributed by atoms with van der Waals surface area (Å²) in [5, 5.41) is 13.6. The molecular formula is C20H32N2O3. The smallest absolute Gasteiger partial charge is 0.321 e. The molecule has 0 unspecified atom stereocenters. The molecule has 2 rings (SSSR count). The molecule has 0 aliphatic carbocycles. The zero-order valence-electron chi connectivity index (χ0n) is 16.1. The molecule has 0 atom stereocenters. The molecule has 1 heterocycles. The summed E-state index contributed by atoms with van der Waals surface area (Å²) in [6.45, 7) is 9.98. The first-order valence-electron chi connectivity index (χ1n) is 9.18. The van der Waals surface area contributed by atoms with E-state index in [0.717, 1.165) is 11.3 Å². The molecule has 1 aliphatic rings. The maximum absolute atomic E-state index is 12.6. The van der Waals surface area contributed by atoms with E-state index >= 15 is 0 Å². The highest BCUT2D eigenvalue weighted by molar-refractivity contribution is 5.90. The SMILES string of the molecule is CC(C)c1ccc(NC(=O)N(C)CC2(O)CCOCC2)c(C(C)C)c1. The van der Waals surface area contributed by atoms with Crippen molar-refractivity contribution in [2.24, 2.45) is 0 Å². The van der Waals surface area contributed by atoms with Gasteiger partial charge in [0.25, 0.3) is 0 Å². The summed E-state index contributed by atoms with van der Waals surface area (Å²) in [5.41, 5.74) is 2.40. The lowest BCUT2D eigenvalue weighted by Gasteiger charge is -2.35. The highest BCUT2D eigenvalue weighted by Crippen LogP contribution is 2.29. The van der Waals surface area contributed by atoms with E-state index in [1.807, 2.05) is 6.07 Å². The molecule has 1 aliphatic heterocycles. The molecule has 5 heteroatoms. The Morgan fingerprint density at radius 3 is 2.44 bits per heavy atom. The minimum Gasteiger partial charge on any atom is -0.388 e. The quantitative estimate of drug-likeness (QED) is 0.847. The molecule has 1 aromatic rings. The number of anilines is 1. The molecule has 0 bridgehead atoms. The Morgan fingerprint density at radius 2 is 1.88 bits per heavy atom. The van der Waals surface area contributed by atoms with Crippen LogP contribution < -0.4 is 5.32 Å². The van der Waals surface area contributed by atoms with E-state index in [0.29, 0.717) is 44.4 Å². The molecule has 25 heavy (non-hydrogen) atoms. The van der Waals surface area contributed by atoms with Gasteiger partial charge in [-0.1, -0.05) is 39.8 Å². The first-order valence-corrected chi connectivity index (χ1v) is 9.18. The van der Waals surface area contributed by atoms with Crippen molar-refractivity contribution >= 4 is 11.7 Å². The van der Waals surface area contributed by atoms with E-state index < -0.39 is 5.60 Å². The Hall–Kier alpha value is -1.59. The van der Waals surface area contributed by atoms with Gasteiger partial charge in [-0.15, -0.1) is 0 Å². The van der Waals surface area contributed by atoms with Crippen LogP contribution in [0, 0.1) is 0 Å². The van der Waals surface area contributed by atoms with Crippen molar-refractivity contribution in [2.75, 3.05) is 32.1 Å². The van der Waals surface area contributed by atoms with Crippen molar-refractivity contribution in [1.29, 1.82) is 0 Å². The largest absolute Gasteiger partial charge is 0.388 e. The van der Waals surface area contributed by atoms with Crippen molar-refractivity contribution in [3.63, 3.8) is 0 Å². The van der Waals surface area contributed by atoms with Gasteiger partial charge in [0, 0.05) is 38.8 Å². The van der Waals surface area contributed by atoms with Gasteiger partial charge in [0.15, 0.2) is 0 Å². The highest BCUT2D eigenvalue weighted by atomic mass is 16.5. The fraction of sp³-hybridized carbons (Fsp3) is 0.650. The second-order valence-electron chi connectivity index (χ2n) is 7.78. The van der Waals surface area contributed by atoms with Crippen molar-refractivity contribution in [1.82, 2.24) is 4.90 Å². The molecular weight excluding hydrogens is 316 g/mol. The van der Waals surface area contributed by atoms with Crippen molar-refractivity contribution in [3.05, 3.63) is 29.3 Å². The summed E-state index contributed by atoms with van der Waals surface area (Å²) in [6.07, 6.45) is 1.12. The van der Waals surface area contributed by atoms with Crippen molar-refractivity contribution < 1.29 is 14.6 Å². The number of carbonyl (C=O) groups excluding carboxylic acids is 1. The Balaban J connectivity index is 2.08. The van der Waals surface area contributed by atoms with Crippen LogP contribution in [0.1, 0.15) is 63.5 Å². The maximum atomic E-state index is 12.6. The lowest BCUT2D eigenvalue weighted by Crippen LogP contribution is -2.48. The predicted octanol–water partition coefficient (Wildman–Crippen LogP) is 3.94. The van der Waals surface area contributed by atoms with Gasteiger partial charge in [-0.2, -0.15) is 0 Å². The number of amides is 2. The number of benzene rings is 1. The van der Waals surface area contributed by atoms with Gasteiger partial charge in [0.1, 0.15) is 0 Å². The van der Waals surface area contributed by atoms with Gasteiger partial charge in [0.2, 0.25) is 0 Å². The second-order valence-corrected chi connectivity index (χ2v) is 7.78. The number of ether oxygens (including phenoxy) is 1. The van der Waals surface area contributed by atoms with Gasteiger partial charge < -0.3 is 20.1 Å². The number of likely N-dealkylation sites (N-methyl/N-ethyl adjacent to an activating group) is 1. The summed E-state index contributed by atoms with van der Waals surface area (Å²) in [4.78, 5) is 14.2. The lowest BCUT2D eigenvalue weighted by atomic mass is 9.93. The average molecular weight is 348 g/mol. The van der Waals surface area contributed by atoms with Crippen LogP contribution in [0.2, 0.25) is 0 Å². The van der Waals surface area contributed by atoms with Crippen LogP contribution in [0.4, 0.5) is 10.5 Å². The molecule has 0 spiro atoms. The molecule has 0 radical (unpaired) electrons.